The first-order valence-corrected chi connectivity index (χ1v) is 12.4. The second-order valence-corrected chi connectivity index (χ2v) is 10.7. The maximum Gasteiger partial charge on any atom is 0.294 e. The van der Waals surface area contributed by atoms with E-state index >= 15 is 0 Å². The highest BCUT2D eigenvalue weighted by Crippen LogP contribution is 2.44. The van der Waals surface area contributed by atoms with E-state index in [1.165, 1.54) is 11.3 Å². The predicted molar refractivity (Wildman–Crippen MR) is 139 cm³/mol. The summed E-state index contributed by atoms with van der Waals surface area (Å²) >= 11 is 0.878. The van der Waals surface area contributed by atoms with E-state index in [4.69, 9.17) is 0 Å². The maximum atomic E-state index is 12.9. The Hall–Kier alpha value is -3.06. The lowest BCUT2D eigenvalue weighted by atomic mass is 9.79. The molecule has 0 unspecified atom stereocenters. The van der Waals surface area contributed by atoms with Gasteiger partial charge in [-0.2, -0.15) is 0 Å². The van der Waals surface area contributed by atoms with Gasteiger partial charge < -0.3 is 10.2 Å². The zero-order valence-electron chi connectivity index (χ0n) is 20.3. The molecule has 178 valence electrons. The molecule has 4 rings (SSSR count). The van der Waals surface area contributed by atoms with Gasteiger partial charge in [0.05, 0.1) is 4.91 Å². The van der Waals surface area contributed by atoms with E-state index in [1.807, 2.05) is 31.2 Å². The van der Waals surface area contributed by atoms with Gasteiger partial charge in [0.15, 0.2) is 0 Å². The molecule has 1 atom stereocenters. The first-order valence-electron chi connectivity index (χ1n) is 11.6. The molecule has 2 aliphatic heterocycles. The first-order chi connectivity index (χ1) is 16.1. The number of benzene rings is 2. The van der Waals surface area contributed by atoms with Crippen molar-refractivity contribution in [2.45, 2.75) is 52.5 Å². The van der Waals surface area contributed by atoms with Crippen LogP contribution in [0.1, 0.15) is 56.7 Å². The SMILES string of the molecule is CCN1c2ccc(/C=C3\SC(=O)N(CC(=O)Nc4cccc(C)c4)C3=O)cc2[C@H](C)CC1(C)C. The van der Waals surface area contributed by atoms with Gasteiger partial charge in [0, 0.05) is 23.5 Å². The van der Waals surface area contributed by atoms with Gasteiger partial charge in [-0.25, -0.2) is 0 Å². The standard InChI is InChI=1S/C27H31N3O3S/c1-6-30-22-11-10-19(13-21(22)18(3)15-27(30,4)5)14-23-25(32)29(26(33)34-23)16-24(31)28-20-9-7-8-17(2)12-20/h7-14,18H,6,15-16H2,1-5H3,(H,28,31)/b23-14-/t18-/m1/s1. The average molecular weight is 478 g/mol. The van der Waals surface area contributed by atoms with Crippen molar-refractivity contribution in [3.05, 3.63) is 64.1 Å². The van der Waals surface area contributed by atoms with Gasteiger partial charge in [0.25, 0.3) is 11.1 Å². The minimum atomic E-state index is -0.434. The molecule has 2 aliphatic rings. The number of amides is 3. The quantitative estimate of drug-likeness (QED) is 0.553. The minimum absolute atomic E-state index is 0.0877. The zero-order valence-corrected chi connectivity index (χ0v) is 21.2. The molecule has 34 heavy (non-hydrogen) atoms. The molecule has 1 N–H and O–H groups in total. The van der Waals surface area contributed by atoms with Crippen molar-refractivity contribution >= 4 is 46.3 Å². The van der Waals surface area contributed by atoms with Crippen LogP contribution in [0, 0.1) is 6.92 Å². The van der Waals surface area contributed by atoms with E-state index in [0.29, 0.717) is 16.5 Å². The summed E-state index contributed by atoms with van der Waals surface area (Å²) in [6.07, 6.45) is 2.80. The molecule has 0 spiro atoms. The van der Waals surface area contributed by atoms with E-state index < -0.39 is 17.1 Å². The third-order valence-corrected chi connectivity index (χ3v) is 7.41. The van der Waals surface area contributed by atoms with Crippen molar-refractivity contribution in [1.82, 2.24) is 4.90 Å². The lowest BCUT2D eigenvalue weighted by Crippen LogP contribution is -2.48. The van der Waals surface area contributed by atoms with E-state index in [-0.39, 0.29) is 12.1 Å². The molecule has 0 saturated carbocycles. The molecule has 3 amide bonds. The first kappa shape index (κ1) is 24.1. The molecule has 2 aromatic rings. The van der Waals surface area contributed by atoms with Gasteiger partial charge in [-0.15, -0.1) is 0 Å². The summed E-state index contributed by atoms with van der Waals surface area (Å²) in [5.41, 5.74) is 5.11. The second-order valence-electron chi connectivity index (χ2n) is 9.67. The number of imide groups is 1. The Labute approximate surface area is 205 Å². The fourth-order valence-electron chi connectivity index (χ4n) is 5.05. The molecular formula is C27H31N3O3S. The number of fused-ring (bicyclic) bond motifs is 1. The Morgan fingerprint density at radius 1 is 1.21 bits per heavy atom. The number of nitrogens with one attached hydrogen (secondary N) is 1. The number of rotatable bonds is 5. The van der Waals surface area contributed by atoms with Crippen LogP contribution in [0.15, 0.2) is 47.4 Å². The van der Waals surface area contributed by atoms with Crippen LogP contribution in [0.3, 0.4) is 0 Å². The molecular weight excluding hydrogens is 446 g/mol. The van der Waals surface area contributed by atoms with E-state index in [2.05, 4.69) is 50.0 Å². The van der Waals surface area contributed by atoms with Crippen LogP contribution >= 0.6 is 11.8 Å². The number of anilines is 2. The highest BCUT2D eigenvalue weighted by atomic mass is 32.2. The highest BCUT2D eigenvalue weighted by molar-refractivity contribution is 8.18. The molecule has 0 bridgehead atoms. The van der Waals surface area contributed by atoms with E-state index in [9.17, 15) is 14.4 Å². The summed E-state index contributed by atoms with van der Waals surface area (Å²) in [6, 6.07) is 13.6. The number of thioether (sulfide) groups is 1. The lowest BCUT2D eigenvalue weighted by Gasteiger charge is -2.47. The Balaban J connectivity index is 1.51. The number of hydrogen-bond acceptors (Lipinski definition) is 5. The third-order valence-electron chi connectivity index (χ3n) is 6.50. The van der Waals surface area contributed by atoms with Crippen LogP contribution in [0.4, 0.5) is 16.2 Å². The number of carbonyl (C=O) groups excluding carboxylic acids is 3. The summed E-state index contributed by atoms with van der Waals surface area (Å²) in [6.45, 7) is 11.5. The second kappa shape index (κ2) is 9.29. The van der Waals surface area contributed by atoms with Gasteiger partial charge in [-0.3, -0.25) is 19.3 Å². The fraction of sp³-hybridized carbons (Fsp3) is 0.370. The average Bonchev–Trinajstić information content (AvgIpc) is 3.01. The van der Waals surface area contributed by atoms with Crippen LogP contribution < -0.4 is 10.2 Å². The van der Waals surface area contributed by atoms with E-state index in [1.54, 1.807) is 12.1 Å². The van der Waals surface area contributed by atoms with Crippen molar-refractivity contribution in [2.24, 2.45) is 0 Å². The number of aryl methyl sites for hydroxylation is 1. The summed E-state index contributed by atoms with van der Waals surface area (Å²) in [7, 11) is 0. The molecule has 0 radical (unpaired) electrons. The largest absolute Gasteiger partial charge is 0.366 e. The molecule has 2 aromatic carbocycles. The maximum absolute atomic E-state index is 12.9. The zero-order chi connectivity index (χ0) is 24.6. The monoisotopic (exact) mass is 477 g/mol. The molecule has 1 fully saturated rings. The van der Waals surface area contributed by atoms with Crippen LogP contribution in [0.5, 0.6) is 0 Å². The van der Waals surface area contributed by atoms with Crippen LogP contribution in [-0.4, -0.2) is 40.6 Å². The van der Waals surface area contributed by atoms with Crippen molar-refractivity contribution in [3.63, 3.8) is 0 Å². The molecule has 7 heteroatoms. The van der Waals surface area contributed by atoms with Gasteiger partial charge >= 0.3 is 0 Å². The summed E-state index contributed by atoms with van der Waals surface area (Å²) in [5.74, 6) is -0.447. The van der Waals surface area contributed by atoms with Gasteiger partial charge in [-0.05, 0) is 98.8 Å². The van der Waals surface area contributed by atoms with Crippen molar-refractivity contribution < 1.29 is 14.4 Å². The fourth-order valence-corrected chi connectivity index (χ4v) is 5.89. The van der Waals surface area contributed by atoms with Crippen LogP contribution in [0.25, 0.3) is 6.08 Å². The minimum Gasteiger partial charge on any atom is -0.366 e. The summed E-state index contributed by atoms with van der Waals surface area (Å²) < 4.78 is 0. The van der Waals surface area contributed by atoms with Gasteiger partial charge in [-0.1, -0.05) is 25.1 Å². The summed E-state index contributed by atoms with van der Waals surface area (Å²) in [5, 5.41) is 2.32. The van der Waals surface area contributed by atoms with Crippen molar-refractivity contribution in [1.29, 1.82) is 0 Å². The highest BCUT2D eigenvalue weighted by Gasteiger charge is 2.37. The van der Waals surface area contributed by atoms with Crippen molar-refractivity contribution in [2.75, 3.05) is 23.3 Å². The van der Waals surface area contributed by atoms with E-state index in [0.717, 1.165) is 40.8 Å². The molecule has 0 aromatic heterocycles. The Morgan fingerprint density at radius 3 is 2.68 bits per heavy atom. The molecule has 0 aliphatic carbocycles. The lowest BCUT2D eigenvalue weighted by molar-refractivity contribution is -0.127. The summed E-state index contributed by atoms with van der Waals surface area (Å²) in [4.78, 5) is 41.7. The molecule has 2 heterocycles. The Kier molecular flexibility index (Phi) is 6.58. The Morgan fingerprint density at radius 2 is 1.97 bits per heavy atom. The van der Waals surface area contributed by atoms with Gasteiger partial charge in [0.2, 0.25) is 5.91 Å². The molecule has 6 nitrogen and oxygen atoms in total. The normalized spacial score (nSPS) is 20.6. The predicted octanol–water partition coefficient (Wildman–Crippen LogP) is 5.78. The van der Waals surface area contributed by atoms with Crippen LogP contribution in [0.2, 0.25) is 0 Å². The number of nitrogens with zero attached hydrogens (tertiary/aromatic N) is 2. The topological polar surface area (TPSA) is 69.7 Å². The Bertz CT molecular complexity index is 1190. The number of carbonyl (C=O) groups is 3. The smallest absolute Gasteiger partial charge is 0.294 e. The van der Waals surface area contributed by atoms with Gasteiger partial charge in [0.1, 0.15) is 6.54 Å². The third kappa shape index (κ3) is 4.75. The number of hydrogen-bond donors (Lipinski definition) is 1. The van der Waals surface area contributed by atoms with Crippen molar-refractivity contribution in [3.8, 4) is 0 Å². The van der Waals surface area contributed by atoms with Crippen LogP contribution in [-0.2, 0) is 9.59 Å². The molecule has 1 saturated heterocycles.